The number of aromatic nitrogens is 2. The highest BCUT2D eigenvalue weighted by molar-refractivity contribution is 5.93. The first-order valence-electron chi connectivity index (χ1n) is 6.57. The first-order chi connectivity index (χ1) is 10.9. The van der Waals surface area contributed by atoms with Crippen molar-refractivity contribution in [1.82, 2.24) is 15.3 Å². The molecule has 0 aliphatic carbocycles. The fourth-order valence-electron chi connectivity index (χ4n) is 1.76. The van der Waals surface area contributed by atoms with Crippen LogP contribution < -0.4 is 10.6 Å². The molecular formula is C15H13F3N4O. The van der Waals surface area contributed by atoms with E-state index in [2.05, 4.69) is 27.2 Å². The molecule has 1 heterocycles. The lowest BCUT2D eigenvalue weighted by Gasteiger charge is -2.10. The topological polar surface area (TPSA) is 66.9 Å². The van der Waals surface area contributed by atoms with Crippen molar-refractivity contribution in [2.24, 2.45) is 0 Å². The van der Waals surface area contributed by atoms with Crippen molar-refractivity contribution in [1.29, 1.82) is 0 Å². The van der Waals surface area contributed by atoms with Crippen molar-refractivity contribution in [2.45, 2.75) is 6.92 Å². The maximum atomic E-state index is 13.7. The Bertz CT molecular complexity index is 765. The lowest BCUT2D eigenvalue weighted by molar-refractivity contribution is 0.0952. The number of nitrogens with zero attached hydrogens (tertiary/aromatic N) is 2. The molecule has 2 aromatic rings. The summed E-state index contributed by atoms with van der Waals surface area (Å²) in [5, 5.41) is 5.04. The number of anilines is 2. The second-order valence-corrected chi connectivity index (χ2v) is 4.53. The zero-order valence-electron chi connectivity index (χ0n) is 12.2. The number of amides is 1. The van der Waals surface area contributed by atoms with Gasteiger partial charge in [-0.3, -0.25) is 4.79 Å². The third-order valence-corrected chi connectivity index (χ3v) is 2.78. The molecule has 2 rings (SSSR count). The Morgan fingerprint density at radius 3 is 2.70 bits per heavy atom. The lowest BCUT2D eigenvalue weighted by atomic mass is 10.2. The molecular weight excluding hydrogens is 309 g/mol. The maximum Gasteiger partial charge on any atom is 0.270 e. The quantitative estimate of drug-likeness (QED) is 0.656. The predicted molar refractivity (Wildman–Crippen MR) is 78.9 cm³/mol. The highest BCUT2D eigenvalue weighted by Gasteiger charge is 2.15. The maximum absolute atomic E-state index is 13.7. The number of hydrogen-bond donors (Lipinski definition) is 2. The van der Waals surface area contributed by atoms with Gasteiger partial charge in [0.05, 0.1) is 5.69 Å². The number of halogens is 3. The van der Waals surface area contributed by atoms with Crippen LogP contribution in [0.1, 0.15) is 16.3 Å². The van der Waals surface area contributed by atoms with Gasteiger partial charge in [0, 0.05) is 12.6 Å². The molecule has 1 aromatic carbocycles. The van der Waals surface area contributed by atoms with Crippen molar-refractivity contribution in [3.8, 4) is 0 Å². The third-order valence-electron chi connectivity index (χ3n) is 2.78. The van der Waals surface area contributed by atoms with Gasteiger partial charge in [0.15, 0.2) is 17.5 Å². The summed E-state index contributed by atoms with van der Waals surface area (Å²) in [4.78, 5) is 19.8. The number of nitrogens with one attached hydrogen (secondary N) is 2. The van der Waals surface area contributed by atoms with Crippen molar-refractivity contribution in [3.63, 3.8) is 0 Å². The number of carbonyl (C=O) groups is 1. The Hall–Kier alpha value is -2.90. The van der Waals surface area contributed by atoms with Gasteiger partial charge in [0.25, 0.3) is 5.91 Å². The zero-order valence-corrected chi connectivity index (χ0v) is 12.2. The van der Waals surface area contributed by atoms with E-state index in [1.807, 2.05) is 0 Å². The predicted octanol–water partition coefficient (Wildman–Crippen LogP) is 2.86. The van der Waals surface area contributed by atoms with Crippen LogP contribution in [0.15, 0.2) is 30.9 Å². The summed E-state index contributed by atoms with van der Waals surface area (Å²) >= 11 is 0. The van der Waals surface area contributed by atoms with E-state index in [-0.39, 0.29) is 29.6 Å². The van der Waals surface area contributed by atoms with Gasteiger partial charge in [0.2, 0.25) is 0 Å². The number of carbonyl (C=O) groups excluding carboxylic acids is 1. The molecule has 0 saturated carbocycles. The van der Waals surface area contributed by atoms with Crippen LogP contribution in [0.25, 0.3) is 0 Å². The molecule has 0 saturated heterocycles. The van der Waals surface area contributed by atoms with Gasteiger partial charge in [-0.15, -0.1) is 6.58 Å². The van der Waals surface area contributed by atoms with Crippen molar-refractivity contribution < 1.29 is 18.0 Å². The van der Waals surface area contributed by atoms with E-state index >= 15 is 0 Å². The van der Waals surface area contributed by atoms with E-state index in [1.54, 1.807) is 0 Å². The van der Waals surface area contributed by atoms with Gasteiger partial charge in [0.1, 0.15) is 17.3 Å². The minimum absolute atomic E-state index is 0.0461. The molecule has 5 nitrogen and oxygen atoms in total. The van der Waals surface area contributed by atoms with Crippen LogP contribution in [0, 0.1) is 24.4 Å². The van der Waals surface area contributed by atoms with Gasteiger partial charge in [-0.2, -0.15) is 0 Å². The average Bonchev–Trinajstić information content (AvgIpc) is 2.52. The molecule has 1 amide bonds. The van der Waals surface area contributed by atoms with E-state index in [9.17, 15) is 18.0 Å². The number of aryl methyl sites for hydroxylation is 1. The minimum Gasteiger partial charge on any atom is -0.347 e. The van der Waals surface area contributed by atoms with Crippen molar-refractivity contribution >= 4 is 17.4 Å². The van der Waals surface area contributed by atoms with Crippen LogP contribution >= 0.6 is 0 Å². The number of rotatable bonds is 5. The SMILES string of the molecule is C=CCNC(=O)c1cc(Nc2ccc(F)c(F)c2F)nc(C)n1. The smallest absolute Gasteiger partial charge is 0.270 e. The van der Waals surface area contributed by atoms with Crippen LogP contribution in [0.5, 0.6) is 0 Å². The zero-order chi connectivity index (χ0) is 17.0. The fraction of sp³-hybridized carbons (Fsp3) is 0.133. The van der Waals surface area contributed by atoms with Crippen molar-refractivity contribution in [2.75, 3.05) is 11.9 Å². The summed E-state index contributed by atoms with van der Waals surface area (Å²) in [6, 6.07) is 3.08. The van der Waals surface area contributed by atoms with E-state index in [0.29, 0.717) is 0 Å². The molecule has 0 spiro atoms. The molecule has 8 heteroatoms. The third kappa shape index (κ3) is 3.85. The Balaban J connectivity index is 2.30. The van der Waals surface area contributed by atoms with Gasteiger partial charge < -0.3 is 10.6 Å². The van der Waals surface area contributed by atoms with Crippen molar-refractivity contribution in [3.05, 3.63) is 59.8 Å². The van der Waals surface area contributed by atoms with E-state index < -0.39 is 23.4 Å². The van der Waals surface area contributed by atoms with Gasteiger partial charge in [-0.05, 0) is 19.1 Å². The van der Waals surface area contributed by atoms with Gasteiger partial charge in [-0.25, -0.2) is 23.1 Å². The fourth-order valence-corrected chi connectivity index (χ4v) is 1.76. The monoisotopic (exact) mass is 322 g/mol. The molecule has 120 valence electrons. The van der Waals surface area contributed by atoms with Crippen LogP contribution in [-0.2, 0) is 0 Å². The van der Waals surface area contributed by atoms with E-state index in [4.69, 9.17) is 0 Å². The largest absolute Gasteiger partial charge is 0.347 e. The van der Waals surface area contributed by atoms with Gasteiger partial charge in [-0.1, -0.05) is 6.08 Å². The van der Waals surface area contributed by atoms with Gasteiger partial charge >= 0.3 is 0 Å². The average molecular weight is 322 g/mol. The summed E-state index contributed by atoms with van der Waals surface area (Å²) < 4.78 is 39.8. The van der Waals surface area contributed by atoms with Crippen LogP contribution in [-0.4, -0.2) is 22.4 Å². The summed E-state index contributed by atoms with van der Waals surface area (Å²) in [7, 11) is 0. The Labute approximate surface area is 130 Å². The molecule has 1 aromatic heterocycles. The molecule has 0 bridgehead atoms. The Kier molecular flexibility index (Phi) is 4.95. The van der Waals surface area contributed by atoms with Crippen LogP contribution in [0.2, 0.25) is 0 Å². The summed E-state index contributed by atoms with van der Waals surface area (Å²) in [5.41, 5.74) is -0.260. The molecule has 0 radical (unpaired) electrons. The molecule has 0 atom stereocenters. The second-order valence-electron chi connectivity index (χ2n) is 4.53. The first kappa shape index (κ1) is 16.5. The second kappa shape index (κ2) is 6.91. The summed E-state index contributed by atoms with van der Waals surface area (Å²) in [6.45, 7) is 5.27. The van der Waals surface area contributed by atoms with Crippen LogP contribution in [0.4, 0.5) is 24.7 Å². The highest BCUT2D eigenvalue weighted by Crippen LogP contribution is 2.23. The standard InChI is InChI=1S/C15H13F3N4O/c1-3-6-19-15(23)11-7-12(21-8(2)20-11)22-10-5-4-9(16)13(17)14(10)18/h3-5,7H,1,6H2,2H3,(H,19,23)(H,20,21,22). The van der Waals surface area contributed by atoms with Crippen LogP contribution in [0.3, 0.4) is 0 Å². The molecule has 2 N–H and O–H groups in total. The first-order valence-corrected chi connectivity index (χ1v) is 6.57. The molecule has 23 heavy (non-hydrogen) atoms. The molecule has 0 unspecified atom stereocenters. The minimum atomic E-state index is -1.59. The molecule has 0 aliphatic heterocycles. The Morgan fingerprint density at radius 1 is 1.26 bits per heavy atom. The molecule has 0 aliphatic rings. The number of hydrogen-bond acceptors (Lipinski definition) is 4. The highest BCUT2D eigenvalue weighted by atomic mass is 19.2. The Morgan fingerprint density at radius 2 is 2.00 bits per heavy atom. The molecule has 0 fully saturated rings. The van der Waals surface area contributed by atoms with E-state index in [0.717, 1.165) is 12.1 Å². The van der Waals surface area contributed by atoms with E-state index in [1.165, 1.54) is 19.1 Å². The normalized spacial score (nSPS) is 10.3. The summed E-state index contributed by atoms with van der Waals surface area (Å²) in [6.07, 6.45) is 1.50. The number of benzene rings is 1. The summed E-state index contributed by atoms with van der Waals surface area (Å²) in [5.74, 6) is -4.41. The lowest BCUT2D eigenvalue weighted by Crippen LogP contribution is -2.24.